The van der Waals surface area contributed by atoms with E-state index in [0.717, 1.165) is 16.7 Å². The van der Waals surface area contributed by atoms with E-state index >= 15 is 0 Å². The topological polar surface area (TPSA) is 26.0 Å². The first-order valence-electron chi connectivity index (χ1n) is 4.95. The van der Waals surface area contributed by atoms with Crippen molar-refractivity contribution in [3.05, 3.63) is 58.9 Å². The van der Waals surface area contributed by atoms with Gasteiger partial charge in [-0.25, -0.2) is 4.39 Å². The average Bonchev–Trinajstić information content (AvgIpc) is 2.30. The maximum absolute atomic E-state index is 13.0. The molecule has 2 aromatic carbocycles. The lowest BCUT2D eigenvalue weighted by atomic mass is 10.00. The van der Waals surface area contributed by atoms with E-state index in [1.807, 2.05) is 12.1 Å². The summed E-state index contributed by atoms with van der Waals surface area (Å²) in [6.07, 6.45) is 0. The number of rotatable bonds is 2. The monoisotopic (exact) mass is 235 g/mol. The average molecular weight is 236 g/mol. The molecule has 0 unspecified atom stereocenters. The summed E-state index contributed by atoms with van der Waals surface area (Å²) >= 11 is 5.81. The van der Waals surface area contributed by atoms with Gasteiger partial charge in [-0.05, 0) is 41.0 Å². The zero-order valence-corrected chi connectivity index (χ0v) is 9.34. The van der Waals surface area contributed by atoms with Gasteiger partial charge in [0.25, 0.3) is 0 Å². The summed E-state index contributed by atoms with van der Waals surface area (Å²) in [5, 5.41) is 0.681. The lowest BCUT2D eigenvalue weighted by Crippen LogP contribution is -1.99. The summed E-state index contributed by atoms with van der Waals surface area (Å²) in [6.45, 7) is 0.315. The molecule has 0 aromatic heterocycles. The Hall–Kier alpha value is -1.38. The zero-order chi connectivity index (χ0) is 11.5. The van der Waals surface area contributed by atoms with E-state index in [0.29, 0.717) is 11.6 Å². The summed E-state index contributed by atoms with van der Waals surface area (Å²) in [4.78, 5) is 0. The molecule has 16 heavy (non-hydrogen) atoms. The Balaban J connectivity index is 2.51. The summed E-state index contributed by atoms with van der Waals surface area (Å²) < 4.78 is 13.0. The second kappa shape index (κ2) is 4.64. The van der Waals surface area contributed by atoms with Crippen LogP contribution in [0.5, 0.6) is 0 Å². The second-order valence-electron chi connectivity index (χ2n) is 3.51. The van der Waals surface area contributed by atoms with Gasteiger partial charge in [0.1, 0.15) is 5.82 Å². The standard InChI is InChI=1S/C13H11ClFN/c14-11-3-1-9(2-4-11)13-6-5-12(15)7-10(13)8-16/h1-7H,8,16H2. The normalized spacial score (nSPS) is 10.4. The third kappa shape index (κ3) is 2.23. The fraction of sp³-hybridized carbons (Fsp3) is 0.0769. The van der Waals surface area contributed by atoms with Crippen molar-refractivity contribution in [2.45, 2.75) is 6.54 Å². The lowest BCUT2D eigenvalue weighted by Gasteiger charge is -2.08. The third-order valence-corrected chi connectivity index (χ3v) is 2.69. The Labute approximate surface area is 98.7 Å². The Morgan fingerprint density at radius 2 is 1.75 bits per heavy atom. The highest BCUT2D eigenvalue weighted by Crippen LogP contribution is 2.25. The molecule has 0 aliphatic heterocycles. The van der Waals surface area contributed by atoms with Crippen LogP contribution in [0.25, 0.3) is 11.1 Å². The first-order valence-corrected chi connectivity index (χ1v) is 5.33. The largest absolute Gasteiger partial charge is 0.326 e. The van der Waals surface area contributed by atoms with Crippen molar-refractivity contribution in [1.29, 1.82) is 0 Å². The molecule has 0 saturated carbocycles. The molecule has 2 N–H and O–H groups in total. The van der Waals surface area contributed by atoms with E-state index < -0.39 is 0 Å². The van der Waals surface area contributed by atoms with Crippen molar-refractivity contribution in [3.63, 3.8) is 0 Å². The first kappa shape index (κ1) is 11.1. The summed E-state index contributed by atoms with van der Waals surface area (Å²) in [7, 11) is 0. The van der Waals surface area contributed by atoms with Gasteiger partial charge in [0.15, 0.2) is 0 Å². The van der Waals surface area contributed by atoms with E-state index in [1.54, 1.807) is 18.2 Å². The molecule has 0 heterocycles. The van der Waals surface area contributed by atoms with Gasteiger partial charge >= 0.3 is 0 Å². The minimum atomic E-state index is -0.266. The Morgan fingerprint density at radius 3 is 2.38 bits per heavy atom. The van der Waals surface area contributed by atoms with Crippen LogP contribution in [-0.2, 0) is 6.54 Å². The molecule has 0 radical (unpaired) electrons. The number of halogens is 2. The van der Waals surface area contributed by atoms with Crippen LogP contribution in [0.2, 0.25) is 5.02 Å². The molecule has 82 valence electrons. The number of hydrogen-bond acceptors (Lipinski definition) is 1. The molecule has 1 nitrogen and oxygen atoms in total. The lowest BCUT2D eigenvalue weighted by molar-refractivity contribution is 0.625. The minimum absolute atomic E-state index is 0.266. The molecule has 0 aliphatic carbocycles. The minimum Gasteiger partial charge on any atom is -0.326 e. The Bertz CT molecular complexity index is 494. The Morgan fingerprint density at radius 1 is 1.06 bits per heavy atom. The van der Waals surface area contributed by atoms with Crippen LogP contribution in [0.15, 0.2) is 42.5 Å². The maximum Gasteiger partial charge on any atom is 0.123 e. The molecule has 0 fully saturated rings. The summed E-state index contributed by atoms with van der Waals surface area (Å²) in [6, 6.07) is 12.0. The quantitative estimate of drug-likeness (QED) is 0.846. The van der Waals surface area contributed by atoms with Crippen molar-refractivity contribution >= 4 is 11.6 Å². The van der Waals surface area contributed by atoms with Gasteiger partial charge in [-0.3, -0.25) is 0 Å². The van der Waals surface area contributed by atoms with Crippen LogP contribution in [-0.4, -0.2) is 0 Å². The predicted molar refractivity (Wildman–Crippen MR) is 64.7 cm³/mol. The van der Waals surface area contributed by atoms with Crippen molar-refractivity contribution in [2.75, 3.05) is 0 Å². The summed E-state index contributed by atoms with van der Waals surface area (Å²) in [5.41, 5.74) is 8.32. The molecule has 0 atom stereocenters. The van der Waals surface area contributed by atoms with Gasteiger partial charge < -0.3 is 5.73 Å². The zero-order valence-electron chi connectivity index (χ0n) is 8.58. The van der Waals surface area contributed by atoms with Crippen LogP contribution in [0.4, 0.5) is 4.39 Å². The van der Waals surface area contributed by atoms with Crippen LogP contribution in [0.1, 0.15) is 5.56 Å². The molecule has 0 spiro atoms. The second-order valence-corrected chi connectivity index (χ2v) is 3.95. The van der Waals surface area contributed by atoms with Crippen LogP contribution >= 0.6 is 11.6 Å². The van der Waals surface area contributed by atoms with Crippen LogP contribution < -0.4 is 5.73 Å². The molecule has 3 heteroatoms. The highest BCUT2D eigenvalue weighted by molar-refractivity contribution is 6.30. The van der Waals surface area contributed by atoms with E-state index in [1.165, 1.54) is 12.1 Å². The molecule has 0 saturated heterocycles. The first-order chi connectivity index (χ1) is 7.70. The van der Waals surface area contributed by atoms with E-state index in [4.69, 9.17) is 17.3 Å². The Kier molecular flexibility index (Phi) is 3.22. The highest BCUT2D eigenvalue weighted by Gasteiger charge is 2.05. The molecular weight excluding hydrogens is 225 g/mol. The van der Waals surface area contributed by atoms with Gasteiger partial charge in [-0.15, -0.1) is 0 Å². The van der Waals surface area contributed by atoms with E-state index in [9.17, 15) is 4.39 Å². The molecule has 0 amide bonds. The fourth-order valence-corrected chi connectivity index (χ4v) is 1.77. The smallest absolute Gasteiger partial charge is 0.123 e. The fourth-order valence-electron chi connectivity index (χ4n) is 1.64. The van der Waals surface area contributed by atoms with Crippen molar-refractivity contribution in [3.8, 4) is 11.1 Å². The summed E-state index contributed by atoms with van der Waals surface area (Å²) in [5.74, 6) is -0.266. The third-order valence-electron chi connectivity index (χ3n) is 2.44. The van der Waals surface area contributed by atoms with Gasteiger partial charge in [-0.2, -0.15) is 0 Å². The van der Waals surface area contributed by atoms with Gasteiger partial charge in [0, 0.05) is 11.6 Å². The van der Waals surface area contributed by atoms with Crippen LogP contribution in [0.3, 0.4) is 0 Å². The van der Waals surface area contributed by atoms with Crippen molar-refractivity contribution in [2.24, 2.45) is 5.73 Å². The van der Waals surface area contributed by atoms with Gasteiger partial charge in [0.2, 0.25) is 0 Å². The molecule has 2 rings (SSSR count). The van der Waals surface area contributed by atoms with Gasteiger partial charge in [-0.1, -0.05) is 29.8 Å². The number of benzene rings is 2. The molecular formula is C13H11ClFN. The van der Waals surface area contributed by atoms with Crippen LogP contribution in [0, 0.1) is 5.82 Å². The maximum atomic E-state index is 13.0. The van der Waals surface area contributed by atoms with Crippen molar-refractivity contribution < 1.29 is 4.39 Å². The molecule has 0 aliphatic rings. The number of hydrogen-bond donors (Lipinski definition) is 1. The SMILES string of the molecule is NCc1cc(F)ccc1-c1ccc(Cl)cc1. The van der Waals surface area contributed by atoms with E-state index in [-0.39, 0.29) is 5.82 Å². The highest BCUT2D eigenvalue weighted by atomic mass is 35.5. The van der Waals surface area contributed by atoms with Gasteiger partial charge in [0.05, 0.1) is 0 Å². The van der Waals surface area contributed by atoms with Crippen molar-refractivity contribution in [1.82, 2.24) is 0 Å². The predicted octanol–water partition coefficient (Wildman–Crippen LogP) is 3.60. The molecule has 0 bridgehead atoms. The van der Waals surface area contributed by atoms with E-state index in [2.05, 4.69) is 0 Å². The molecule has 2 aromatic rings. The number of nitrogens with two attached hydrogens (primary N) is 1.